The fourth-order valence-electron chi connectivity index (χ4n) is 3.55. The van der Waals surface area contributed by atoms with E-state index in [-0.39, 0.29) is 5.92 Å². The van der Waals surface area contributed by atoms with Crippen LogP contribution >= 0.6 is 0 Å². The Morgan fingerprint density at radius 2 is 1.74 bits per heavy atom. The number of allylic oxidation sites excluding steroid dienone is 2. The number of rotatable bonds is 3. The molecule has 0 radical (unpaired) electrons. The molecule has 1 fully saturated rings. The summed E-state index contributed by atoms with van der Waals surface area (Å²) in [5, 5.41) is 0. The van der Waals surface area contributed by atoms with E-state index in [2.05, 4.69) is 19.6 Å². The summed E-state index contributed by atoms with van der Waals surface area (Å²) in [5.74, 6) is -0.960. The molecule has 1 heterocycles. The van der Waals surface area contributed by atoms with E-state index in [9.17, 15) is 9.59 Å². The maximum absolute atomic E-state index is 12.2. The third-order valence-electron chi connectivity index (χ3n) is 4.47. The highest BCUT2D eigenvalue weighted by molar-refractivity contribution is 6.70. The molecule has 0 spiro atoms. The minimum Gasteiger partial charge on any atom is -0.547 e. The van der Waals surface area contributed by atoms with Crippen molar-refractivity contribution >= 4 is 20.3 Å². The largest absolute Gasteiger partial charge is 0.547 e. The molecule has 0 saturated carbocycles. The third kappa shape index (κ3) is 2.97. The Balaban J connectivity index is 2.09. The number of fused-ring (bicyclic) bond motifs is 1. The van der Waals surface area contributed by atoms with Crippen molar-refractivity contribution in [2.24, 2.45) is 11.8 Å². The Morgan fingerprint density at radius 1 is 1.09 bits per heavy atom. The van der Waals surface area contributed by atoms with Crippen LogP contribution in [-0.4, -0.2) is 20.3 Å². The van der Waals surface area contributed by atoms with Crippen LogP contribution in [0.4, 0.5) is 0 Å². The molecule has 23 heavy (non-hydrogen) atoms. The first-order valence-corrected chi connectivity index (χ1v) is 11.4. The molecule has 1 aliphatic carbocycles. The van der Waals surface area contributed by atoms with Gasteiger partial charge < -0.3 is 9.16 Å². The van der Waals surface area contributed by atoms with Gasteiger partial charge in [-0.25, -0.2) is 0 Å². The van der Waals surface area contributed by atoms with Gasteiger partial charge in [0.25, 0.3) is 0 Å². The predicted octanol–water partition coefficient (Wildman–Crippen LogP) is 3.62. The molecule has 3 rings (SSSR count). The van der Waals surface area contributed by atoms with Crippen molar-refractivity contribution in [2.45, 2.75) is 38.9 Å². The smallest absolute Gasteiger partial charge is 0.318 e. The van der Waals surface area contributed by atoms with Gasteiger partial charge in [0.05, 0.1) is 17.6 Å². The van der Waals surface area contributed by atoms with Gasteiger partial charge in [-0.05, 0) is 37.7 Å². The molecule has 0 amide bonds. The second kappa shape index (κ2) is 5.64. The SMILES string of the molecule is CC1=C(O[Si](C)(C)C)C[C@@H]2C(=O)OC(=O)[C@@H]2[C@H]1c1ccccc1. The van der Waals surface area contributed by atoms with Crippen LogP contribution < -0.4 is 0 Å². The Bertz CT molecular complexity index is 672. The molecule has 122 valence electrons. The topological polar surface area (TPSA) is 52.6 Å². The number of hydrogen-bond acceptors (Lipinski definition) is 4. The summed E-state index contributed by atoms with van der Waals surface area (Å²) < 4.78 is 11.2. The lowest BCUT2D eigenvalue weighted by atomic mass is 9.70. The molecule has 2 aliphatic rings. The second-order valence-corrected chi connectivity index (χ2v) is 11.7. The first kappa shape index (κ1) is 16.0. The van der Waals surface area contributed by atoms with Crippen molar-refractivity contribution in [3.05, 3.63) is 47.2 Å². The van der Waals surface area contributed by atoms with E-state index in [0.717, 1.165) is 16.9 Å². The molecule has 5 heteroatoms. The molecule has 0 bridgehead atoms. The molecule has 0 aromatic heterocycles. The third-order valence-corrected chi connectivity index (χ3v) is 5.33. The summed E-state index contributed by atoms with van der Waals surface area (Å²) in [6.45, 7) is 8.37. The maximum Gasteiger partial charge on any atom is 0.318 e. The van der Waals surface area contributed by atoms with Crippen molar-refractivity contribution < 1.29 is 18.8 Å². The molecule has 1 aromatic carbocycles. The predicted molar refractivity (Wildman–Crippen MR) is 89.0 cm³/mol. The summed E-state index contributed by atoms with van der Waals surface area (Å²) in [7, 11) is -1.79. The van der Waals surface area contributed by atoms with Gasteiger partial charge in [-0.3, -0.25) is 9.59 Å². The van der Waals surface area contributed by atoms with Crippen LogP contribution in [0.5, 0.6) is 0 Å². The van der Waals surface area contributed by atoms with Crippen molar-refractivity contribution in [3.63, 3.8) is 0 Å². The molecule has 3 atom stereocenters. The van der Waals surface area contributed by atoms with Crippen LogP contribution in [0.15, 0.2) is 41.7 Å². The molecule has 1 aromatic rings. The molecule has 1 saturated heterocycles. The lowest BCUT2D eigenvalue weighted by Gasteiger charge is -2.35. The van der Waals surface area contributed by atoms with Crippen LogP contribution in [0.25, 0.3) is 0 Å². The van der Waals surface area contributed by atoms with Crippen LogP contribution in [0.3, 0.4) is 0 Å². The first-order chi connectivity index (χ1) is 10.8. The number of carbonyl (C=O) groups is 2. The summed E-state index contributed by atoms with van der Waals surface area (Å²) in [6.07, 6.45) is 0.467. The minimum atomic E-state index is -1.79. The minimum absolute atomic E-state index is 0.153. The second-order valence-electron chi connectivity index (χ2n) is 7.29. The van der Waals surface area contributed by atoms with Crippen LogP contribution in [0.1, 0.15) is 24.8 Å². The van der Waals surface area contributed by atoms with E-state index < -0.39 is 32.1 Å². The standard InChI is InChI=1S/C18H22O4Si/c1-11-14(22-23(2,3)4)10-13-16(18(20)21-17(13)19)15(11)12-8-6-5-7-9-12/h5-9,13,15-16H,10H2,1-4H3/t13-,15+,16-/m0/s1. The Kier molecular flexibility index (Phi) is 3.92. The Hall–Kier alpha value is -1.88. The van der Waals surface area contributed by atoms with Crippen molar-refractivity contribution in [2.75, 3.05) is 0 Å². The normalized spacial score (nSPS) is 27.7. The lowest BCUT2D eigenvalue weighted by Crippen LogP contribution is -2.34. The molecule has 0 unspecified atom stereocenters. The number of cyclic esters (lactones) is 2. The molecule has 1 aliphatic heterocycles. The van der Waals surface area contributed by atoms with Crippen molar-refractivity contribution in [3.8, 4) is 0 Å². The Morgan fingerprint density at radius 3 is 2.35 bits per heavy atom. The van der Waals surface area contributed by atoms with Gasteiger partial charge in [-0.1, -0.05) is 30.3 Å². The van der Waals surface area contributed by atoms with E-state index in [4.69, 9.17) is 9.16 Å². The van der Waals surface area contributed by atoms with Crippen LogP contribution in [0, 0.1) is 11.8 Å². The molecular formula is C18H22O4Si. The van der Waals surface area contributed by atoms with Gasteiger partial charge in [0, 0.05) is 12.3 Å². The highest BCUT2D eigenvalue weighted by Crippen LogP contribution is 2.49. The zero-order valence-corrected chi connectivity index (χ0v) is 15.0. The highest BCUT2D eigenvalue weighted by atomic mass is 28.4. The van der Waals surface area contributed by atoms with Gasteiger partial charge in [-0.2, -0.15) is 0 Å². The van der Waals surface area contributed by atoms with E-state index in [1.807, 2.05) is 37.3 Å². The fraction of sp³-hybridized carbons (Fsp3) is 0.444. The monoisotopic (exact) mass is 330 g/mol. The van der Waals surface area contributed by atoms with E-state index in [1.54, 1.807) is 0 Å². The van der Waals surface area contributed by atoms with Gasteiger partial charge >= 0.3 is 11.9 Å². The average molecular weight is 330 g/mol. The average Bonchev–Trinajstić information content (AvgIpc) is 2.74. The van der Waals surface area contributed by atoms with Crippen molar-refractivity contribution in [1.29, 1.82) is 0 Å². The lowest BCUT2D eigenvalue weighted by molar-refractivity contribution is -0.153. The molecule has 4 nitrogen and oxygen atoms in total. The summed E-state index contributed by atoms with van der Waals surface area (Å²) in [6, 6.07) is 9.85. The zero-order chi connectivity index (χ0) is 16.8. The number of esters is 2. The summed E-state index contributed by atoms with van der Waals surface area (Å²) in [4.78, 5) is 24.3. The van der Waals surface area contributed by atoms with Gasteiger partial charge in [0.1, 0.15) is 0 Å². The van der Waals surface area contributed by atoms with Gasteiger partial charge in [0.15, 0.2) is 0 Å². The number of ether oxygens (including phenoxy) is 1. The quantitative estimate of drug-likeness (QED) is 0.482. The maximum atomic E-state index is 12.2. The Labute approximate surface area is 137 Å². The van der Waals surface area contributed by atoms with Gasteiger partial charge in [0.2, 0.25) is 8.32 Å². The first-order valence-electron chi connectivity index (χ1n) is 7.97. The number of benzene rings is 1. The molecule has 0 N–H and O–H groups in total. The number of hydrogen-bond donors (Lipinski definition) is 0. The van der Waals surface area contributed by atoms with E-state index in [0.29, 0.717) is 6.42 Å². The fourth-order valence-corrected chi connectivity index (χ4v) is 4.53. The number of carbonyl (C=O) groups excluding carboxylic acids is 2. The van der Waals surface area contributed by atoms with Crippen molar-refractivity contribution in [1.82, 2.24) is 0 Å². The van der Waals surface area contributed by atoms with Crippen LogP contribution in [-0.2, 0) is 18.8 Å². The summed E-state index contributed by atoms with van der Waals surface area (Å²) >= 11 is 0. The van der Waals surface area contributed by atoms with Gasteiger partial charge in [-0.15, -0.1) is 0 Å². The van der Waals surface area contributed by atoms with E-state index >= 15 is 0 Å². The molecular weight excluding hydrogens is 308 g/mol. The zero-order valence-electron chi connectivity index (χ0n) is 14.0. The summed E-state index contributed by atoms with van der Waals surface area (Å²) in [5.41, 5.74) is 2.08. The van der Waals surface area contributed by atoms with E-state index in [1.165, 1.54) is 0 Å². The van der Waals surface area contributed by atoms with Crippen LogP contribution in [0.2, 0.25) is 19.6 Å². The highest BCUT2D eigenvalue weighted by Gasteiger charge is 2.53.